The Morgan fingerprint density at radius 1 is 1.69 bits per heavy atom. The van der Waals surface area contributed by atoms with E-state index in [1.54, 1.807) is 0 Å². The van der Waals surface area contributed by atoms with Crippen LogP contribution in [-0.4, -0.2) is 22.2 Å². The van der Waals surface area contributed by atoms with E-state index in [4.69, 9.17) is 11.6 Å². The van der Waals surface area contributed by atoms with Gasteiger partial charge < -0.3 is 0 Å². The van der Waals surface area contributed by atoms with E-state index in [0.29, 0.717) is 4.75 Å². The Balaban J connectivity index is 2.56. The van der Waals surface area contributed by atoms with Crippen LogP contribution in [0.25, 0.3) is 0 Å². The molecule has 0 amide bonds. The van der Waals surface area contributed by atoms with Crippen LogP contribution in [0, 0.1) is 5.92 Å². The fourth-order valence-electron chi connectivity index (χ4n) is 1.76. The Hall–Kier alpha value is 0.310. The van der Waals surface area contributed by atoms with Gasteiger partial charge in [0, 0.05) is 10.7 Å². The number of carbonyl (C=O) groups is 1. The van der Waals surface area contributed by atoms with E-state index in [9.17, 15) is 4.79 Å². The van der Waals surface area contributed by atoms with Crippen LogP contribution in [0.4, 0.5) is 0 Å². The maximum absolute atomic E-state index is 11.4. The van der Waals surface area contributed by atoms with Crippen molar-refractivity contribution >= 4 is 29.1 Å². The summed E-state index contributed by atoms with van der Waals surface area (Å²) < 4.78 is 0.310. The third kappa shape index (κ3) is 2.88. The lowest BCUT2D eigenvalue weighted by atomic mass is 9.88. The zero-order chi connectivity index (χ0) is 9.90. The highest BCUT2D eigenvalue weighted by atomic mass is 35.5. The molecular formula is C10H17ClOS. The number of ketones is 1. The van der Waals surface area contributed by atoms with Gasteiger partial charge in [-0.25, -0.2) is 0 Å². The highest BCUT2D eigenvalue weighted by Crippen LogP contribution is 2.41. The third-order valence-electron chi connectivity index (χ3n) is 2.93. The summed E-state index contributed by atoms with van der Waals surface area (Å²) in [4.78, 5) is 11.4. The van der Waals surface area contributed by atoms with E-state index < -0.39 is 0 Å². The molecule has 1 rings (SSSR count). The molecule has 0 aromatic carbocycles. The first-order chi connectivity index (χ1) is 6.11. The number of rotatable bonds is 3. The first kappa shape index (κ1) is 11.4. The summed E-state index contributed by atoms with van der Waals surface area (Å²) >= 11 is 7.57. The minimum absolute atomic E-state index is 0.190. The quantitative estimate of drug-likeness (QED) is 0.680. The van der Waals surface area contributed by atoms with Crippen LogP contribution in [0.2, 0.25) is 0 Å². The van der Waals surface area contributed by atoms with Crippen molar-refractivity contribution in [2.45, 2.75) is 37.9 Å². The van der Waals surface area contributed by atoms with E-state index in [2.05, 4.69) is 13.8 Å². The van der Waals surface area contributed by atoms with Gasteiger partial charge >= 0.3 is 0 Å². The SMILES string of the molecule is CC[C@]1(C)C[C@H](C(=O)CCl)CCS1. The number of carbonyl (C=O) groups excluding carboxylic acids is 1. The van der Waals surface area contributed by atoms with Crippen LogP contribution >= 0.6 is 23.4 Å². The molecule has 0 radical (unpaired) electrons. The second-order valence-corrected chi connectivity index (χ2v) is 5.89. The Morgan fingerprint density at radius 2 is 2.38 bits per heavy atom. The molecule has 0 spiro atoms. The number of halogens is 1. The third-order valence-corrected chi connectivity index (χ3v) is 4.79. The first-order valence-corrected chi connectivity index (χ1v) is 6.36. The number of thioether (sulfide) groups is 1. The molecule has 13 heavy (non-hydrogen) atoms. The lowest BCUT2D eigenvalue weighted by Crippen LogP contribution is -2.33. The van der Waals surface area contributed by atoms with Crippen LogP contribution < -0.4 is 0 Å². The fraction of sp³-hybridized carbons (Fsp3) is 0.900. The largest absolute Gasteiger partial charge is 0.298 e. The van der Waals surface area contributed by atoms with E-state index in [0.717, 1.165) is 25.0 Å². The van der Waals surface area contributed by atoms with Gasteiger partial charge in [0.15, 0.2) is 5.78 Å². The summed E-state index contributed by atoms with van der Waals surface area (Å²) in [5.41, 5.74) is 0. The first-order valence-electron chi connectivity index (χ1n) is 4.84. The van der Waals surface area contributed by atoms with Gasteiger partial charge in [-0.15, -0.1) is 11.6 Å². The van der Waals surface area contributed by atoms with Crippen LogP contribution in [0.5, 0.6) is 0 Å². The predicted molar refractivity (Wildman–Crippen MR) is 59.6 cm³/mol. The second-order valence-electron chi connectivity index (χ2n) is 3.94. The molecule has 0 aliphatic carbocycles. The van der Waals surface area contributed by atoms with E-state index >= 15 is 0 Å². The molecule has 0 aromatic heterocycles. The maximum Gasteiger partial charge on any atom is 0.150 e. The minimum Gasteiger partial charge on any atom is -0.298 e. The van der Waals surface area contributed by atoms with Crippen LogP contribution in [0.15, 0.2) is 0 Å². The second kappa shape index (κ2) is 4.70. The van der Waals surface area contributed by atoms with Gasteiger partial charge in [0.1, 0.15) is 0 Å². The number of hydrogen-bond donors (Lipinski definition) is 0. The van der Waals surface area contributed by atoms with Crippen molar-refractivity contribution in [2.24, 2.45) is 5.92 Å². The minimum atomic E-state index is 0.190. The molecule has 2 atom stereocenters. The van der Waals surface area contributed by atoms with Gasteiger partial charge in [0.2, 0.25) is 0 Å². The molecule has 1 aliphatic rings. The number of alkyl halides is 1. The van der Waals surface area contributed by atoms with Gasteiger partial charge in [0.05, 0.1) is 5.88 Å². The van der Waals surface area contributed by atoms with Crippen molar-refractivity contribution in [3.05, 3.63) is 0 Å². The average molecular weight is 221 g/mol. The molecular weight excluding hydrogens is 204 g/mol. The molecule has 3 heteroatoms. The normalized spacial score (nSPS) is 34.5. The molecule has 0 bridgehead atoms. The molecule has 1 heterocycles. The van der Waals surface area contributed by atoms with Gasteiger partial charge in [-0.3, -0.25) is 4.79 Å². The molecule has 0 aromatic rings. The predicted octanol–water partition coefficient (Wildman–Crippen LogP) is 3.11. The van der Waals surface area contributed by atoms with Gasteiger partial charge in [0.25, 0.3) is 0 Å². The topological polar surface area (TPSA) is 17.1 Å². The number of hydrogen-bond acceptors (Lipinski definition) is 2. The van der Waals surface area contributed by atoms with Crippen LogP contribution in [0.1, 0.15) is 33.1 Å². The summed E-state index contributed by atoms with van der Waals surface area (Å²) in [6.07, 6.45) is 3.18. The van der Waals surface area contributed by atoms with E-state index in [-0.39, 0.29) is 17.6 Å². The van der Waals surface area contributed by atoms with Gasteiger partial charge in [-0.2, -0.15) is 11.8 Å². The summed E-state index contributed by atoms with van der Waals surface area (Å²) in [6.45, 7) is 4.45. The van der Waals surface area contributed by atoms with Gasteiger partial charge in [-0.1, -0.05) is 13.8 Å². The molecule has 1 nitrogen and oxygen atoms in total. The van der Waals surface area contributed by atoms with Crippen molar-refractivity contribution < 1.29 is 4.79 Å². The van der Waals surface area contributed by atoms with Crippen LogP contribution in [0.3, 0.4) is 0 Å². The van der Waals surface area contributed by atoms with Gasteiger partial charge in [-0.05, 0) is 25.0 Å². The molecule has 0 saturated carbocycles. The average Bonchev–Trinajstić information content (AvgIpc) is 2.17. The summed E-state index contributed by atoms with van der Waals surface area (Å²) in [7, 11) is 0. The van der Waals surface area contributed by atoms with Crippen molar-refractivity contribution in [1.82, 2.24) is 0 Å². The van der Waals surface area contributed by atoms with Crippen molar-refractivity contribution in [3.63, 3.8) is 0 Å². The molecule has 1 fully saturated rings. The lowest BCUT2D eigenvalue weighted by Gasteiger charge is -2.36. The standard InChI is InChI=1S/C10H17ClOS/c1-3-10(2)6-8(4-5-13-10)9(12)7-11/h8H,3-7H2,1-2H3/t8-,10-/m1/s1. The molecule has 76 valence electrons. The van der Waals surface area contributed by atoms with E-state index in [1.807, 2.05) is 11.8 Å². The van der Waals surface area contributed by atoms with Crippen LogP contribution in [-0.2, 0) is 4.79 Å². The smallest absolute Gasteiger partial charge is 0.150 e. The summed E-state index contributed by atoms with van der Waals surface area (Å²) in [5.74, 6) is 1.76. The Morgan fingerprint density at radius 3 is 2.92 bits per heavy atom. The van der Waals surface area contributed by atoms with Crippen molar-refractivity contribution in [2.75, 3.05) is 11.6 Å². The zero-order valence-corrected chi connectivity index (χ0v) is 9.88. The molecule has 0 N–H and O–H groups in total. The lowest BCUT2D eigenvalue weighted by molar-refractivity contribution is -0.121. The Labute approximate surface area is 89.6 Å². The summed E-state index contributed by atoms with van der Waals surface area (Å²) in [5, 5.41) is 0. The molecule has 0 unspecified atom stereocenters. The van der Waals surface area contributed by atoms with Crippen molar-refractivity contribution in [3.8, 4) is 0 Å². The molecule has 1 saturated heterocycles. The van der Waals surface area contributed by atoms with E-state index in [1.165, 1.54) is 0 Å². The fourth-order valence-corrected chi connectivity index (χ4v) is 3.40. The Kier molecular flexibility index (Phi) is 4.11. The highest BCUT2D eigenvalue weighted by molar-refractivity contribution is 8.00. The van der Waals surface area contributed by atoms with Crippen molar-refractivity contribution in [1.29, 1.82) is 0 Å². The molecule has 1 aliphatic heterocycles. The Bertz CT molecular complexity index is 195. The maximum atomic E-state index is 11.4. The zero-order valence-electron chi connectivity index (χ0n) is 8.31. The number of Topliss-reactive ketones (excluding diaryl/α,β-unsaturated/α-hetero) is 1. The highest BCUT2D eigenvalue weighted by Gasteiger charge is 2.33. The monoisotopic (exact) mass is 220 g/mol. The summed E-state index contributed by atoms with van der Waals surface area (Å²) in [6, 6.07) is 0.